The Kier molecular flexibility index (Phi) is 5.44. The van der Waals surface area contributed by atoms with E-state index >= 15 is 0 Å². The molecule has 2 aromatic rings. The summed E-state index contributed by atoms with van der Waals surface area (Å²) in [4.78, 5) is 30.9. The molecular weight excluding hydrogens is 340 g/mol. The smallest absolute Gasteiger partial charge is 0.264 e. The summed E-state index contributed by atoms with van der Waals surface area (Å²) in [7, 11) is 3.37. The van der Waals surface area contributed by atoms with Crippen molar-refractivity contribution in [1.82, 2.24) is 25.0 Å². The van der Waals surface area contributed by atoms with Crippen LogP contribution in [0.4, 0.5) is 5.95 Å². The highest BCUT2D eigenvalue weighted by Crippen LogP contribution is 2.23. The van der Waals surface area contributed by atoms with Crippen LogP contribution in [0.1, 0.15) is 34.3 Å². The Labute approximate surface area is 150 Å². The van der Waals surface area contributed by atoms with Crippen molar-refractivity contribution in [2.24, 2.45) is 7.05 Å². The molecule has 2 aromatic heterocycles. The summed E-state index contributed by atoms with van der Waals surface area (Å²) in [6.45, 7) is 1.88. The molecule has 0 atom stereocenters. The standard InChI is InChI=1S/C16H22N6O2S/c1-21(15(24)12-4-3-9-25-12)10-13(23)18-16-19-14(20-22(16)2)11-5-7-17-8-6-11/h3-4,9,11,17H,5-8,10H2,1-2H3,(H,18,19,20,23). The fourth-order valence-corrected chi connectivity index (χ4v) is 3.52. The van der Waals surface area contributed by atoms with Gasteiger partial charge in [-0.05, 0) is 37.4 Å². The number of anilines is 1. The van der Waals surface area contributed by atoms with Crippen molar-refractivity contribution in [1.29, 1.82) is 0 Å². The Morgan fingerprint density at radius 1 is 1.44 bits per heavy atom. The summed E-state index contributed by atoms with van der Waals surface area (Å²) in [5.74, 6) is 1.04. The SMILES string of the molecule is CN(CC(=O)Nc1nc(C2CCNCC2)nn1C)C(=O)c1cccs1. The van der Waals surface area contributed by atoms with Crippen LogP contribution in [0.25, 0.3) is 0 Å². The van der Waals surface area contributed by atoms with E-state index in [0.717, 1.165) is 31.8 Å². The Morgan fingerprint density at radius 2 is 2.20 bits per heavy atom. The van der Waals surface area contributed by atoms with Gasteiger partial charge in [0.25, 0.3) is 5.91 Å². The molecule has 0 unspecified atom stereocenters. The highest BCUT2D eigenvalue weighted by atomic mass is 32.1. The molecule has 25 heavy (non-hydrogen) atoms. The van der Waals surface area contributed by atoms with Crippen molar-refractivity contribution in [3.63, 3.8) is 0 Å². The number of carbonyl (C=O) groups excluding carboxylic acids is 2. The van der Waals surface area contributed by atoms with Crippen LogP contribution in [-0.2, 0) is 11.8 Å². The number of amides is 2. The molecule has 2 N–H and O–H groups in total. The van der Waals surface area contributed by atoms with Gasteiger partial charge in [0.1, 0.15) is 0 Å². The molecule has 9 heteroatoms. The van der Waals surface area contributed by atoms with E-state index in [4.69, 9.17) is 0 Å². The van der Waals surface area contributed by atoms with Crippen LogP contribution in [0, 0.1) is 0 Å². The molecule has 1 fully saturated rings. The van der Waals surface area contributed by atoms with Gasteiger partial charge in [0.15, 0.2) is 5.82 Å². The summed E-state index contributed by atoms with van der Waals surface area (Å²) in [5.41, 5.74) is 0. The maximum Gasteiger partial charge on any atom is 0.264 e. The summed E-state index contributed by atoms with van der Waals surface area (Å²) in [6, 6.07) is 3.56. The molecule has 1 saturated heterocycles. The zero-order valence-corrected chi connectivity index (χ0v) is 15.2. The lowest BCUT2D eigenvalue weighted by atomic mass is 9.98. The number of nitrogens with zero attached hydrogens (tertiary/aromatic N) is 4. The van der Waals surface area contributed by atoms with Crippen LogP contribution in [0.2, 0.25) is 0 Å². The van der Waals surface area contributed by atoms with E-state index in [1.807, 2.05) is 11.4 Å². The summed E-state index contributed by atoms with van der Waals surface area (Å²) in [6.07, 6.45) is 1.99. The topological polar surface area (TPSA) is 92.2 Å². The molecule has 0 aliphatic carbocycles. The highest BCUT2D eigenvalue weighted by molar-refractivity contribution is 7.12. The first-order valence-corrected chi connectivity index (χ1v) is 9.13. The van der Waals surface area contributed by atoms with E-state index in [-0.39, 0.29) is 18.4 Å². The molecule has 1 aliphatic heterocycles. The van der Waals surface area contributed by atoms with Crippen molar-refractivity contribution < 1.29 is 9.59 Å². The van der Waals surface area contributed by atoms with Gasteiger partial charge in [-0.3, -0.25) is 14.9 Å². The average Bonchev–Trinajstić information content (AvgIpc) is 3.25. The van der Waals surface area contributed by atoms with Crippen LogP contribution >= 0.6 is 11.3 Å². The van der Waals surface area contributed by atoms with Gasteiger partial charge in [0, 0.05) is 20.0 Å². The lowest BCUT2D eigenvalue weighted by Gasteiger charge is -2.19. The van der Waals surface area contributed by atoms with Crippen LogP contribution < -0.4 is 10.6 Å². The number of nitrogens with one attached hydrogen (secondary N) is 2. The van der Waals surface area contributed by atoms with Gasteiger partial charge in [-0.15, -0.1) is 11.3 Å². The first-order valence-electron chi connectivity index (χ1n) is 8.25. The molecule has 8 nitrogen and oxygen atoms in total. The largest absolute Gasteiger partial charge is 0.332 e. The minimum Gasteiger partial charge on any atom is -0.332 e. The first-order chi connectivity index (χ1) is 12.0. The second-order valence-electron chi connectivity index (χ2n) is 6.13. The van der Waals surface area contributed by atoms with Gasteiger partial charge in [-0.25, -0.2) is 4.68 Å². The second kappa shape index (κ2) is 7.75. The van der Waals surface area contributed by atoms with E-state index in [0.29, 0.717) is 16.7 Å². The van der Waals surface area contributed by atoms with Gasteiger partial charge in [-0.1, -0.05) is 6.07 Å². The van der Waals surface area contributed by atoms with Gasteiger partial charge < -0.3 is 10.2 Å². The summed E-state index contributed by atoms with van der Waals surface area (Å²) < 4.78 is 1.58. The van der Waals surface area contributed by atoms with E-state index in [2.05, 4.69) is 20.7 Å². The van der Waals surface area contributed by atoms with Crippen LogP contribution in [0.15, 0.2) is 17.5 Å². The van der Waals surface area contributed by atoms with Gasteiger partial charge in [0.2, 0.25) is 11.9 Å². The van der Waals surface area contributed by atoms with Gasteiger partial charge >= 0.3 is 0 Å². The fraction of sp³-hybridized carbons (Fsp3) is 0.500. The molecule has 1 aliphatic rings. The highest BCUT2D eigenvalue weighted by Gasteiger charge is 2.22. The zero-order valence-electron chi connectivity index (χ0n) is 14.4. The Morgan fingerprint density at radius 3 is 2.88 bits per heavy atom. The number of hydrogen-bond acceptors (Lipinski definition) is 6. The molecule has 0 aromatic carbocycles. The van der Waals surface area contributed by atoms with Crippen molar-refractivity contribution >= 4 is 29.1 Å². The molecular formula is C16H22N6O2S. The van der Waals surface area contributed by atoms with Gasteiger partial charge in [-0.2, -0.15) is 10.1 Å². The predicted molar refractivity (Wildman–Crippen MR) is 95.8 cm³/mol. The monoisotopic (exact) mass is 362 g/mol. The lowest BCUT2D eigenvalue weighted by Crippen LogP contribution is -2.35. The minimum absolute atomic E-state index is 0.0354. The predicted octanol–water partition coefficient (Wildman–Crippen LogP) is 1.05. The van der Waals surface area contributed by atoms with Crippen LogP contribution in [-0.4, -0.2) is 58.2 Å². The molecule has 0 bridgehead atoms. The molecule has 134 valence electrons. The van der Waals surface area contributed by atoms with Crippen LogP contribution in [0.3, 0.4) is 0 Å². The van der Waals surface area contributed by atoms with Crippen molar-refractivity contribution in [2.45, 2.75) is 18.8 Å². The van der Waals surface area contributed by atoms with E-state index in [1.165, 1.54) is 16.2 Å². The number of rotatable bonds is 5. The Hall–Kier alpha value is -2.26. The molecule has 0 saturated carbocycles. The second-order valence-corrected chi connectivity index (χ2v) is 7.08. The third-order valence-corrected chi connectivity index (χ3v) is 5.05. The van der Waals surface area contributed by atoms with Gasteiger partial charge in [0.05, 0.1) is 11.4 Å². The quantitative estimate of drug-likeness (QED) is 0.830. The zero-order chi connectivity index (χ0) is 17.8. The number of thiophene rings is 1. The summed E-state index contributed by atoms with van der Waals surface area (Å²) >= 11 is 1.36. The molecule has 3 rings (SSSR count). The van der Waals surface area contributed by atoms with Crippen molar-refractivity contribution in [3.8, 4) is 0 Å². The van der Waals surface area contributed by atoms with Crippen molar-refractivity contribution in [2.75, 3.05) is 32.0 Å². The fourth-order valence-electron chi connectivity index (χ4n) is 2.81. The molecule has 2 amide bonds. The lowest BCUT2D eigenvalue weighted by molar-refractivity contribution is -0.116. The molecule has 3 heterocycles. The Balaban J connectivity index is 1.59. The number of piperidine rings is 1. The summed E-state index contributed by atoms with van der Waals surface area (Å²) in [5, 5.41) is 12.3. The third-order valence-electron chi connectivity index (χ3n) is 4.19. The number of aromatic nitrogens is 3. The average molecular weight is 362 g/mol. The third kappa shape index (κ3) is 4.23. The maximum atomic E-state index is 12.2. The molecule has 0 spiro atoms. The minimum atomic E-state index is -0.292. The molecule has 0 radical (unpaired) electrons. The van der Waals surface area contributed by atoms with E-state index in [1.54, 1.807) is 24.8 Å². The number of hydrogen-bond donors (Lipinski definition) is 2. The van der Waals surface area contributed by atoms with E-state index in [9.17, 15) is 9.59 Å². The first kappa shape index (κ1) is 17.6. The number of carbonyl (C=O) groups is 2. The van der Waals surface area contributed by atoms with Crippen molar-refractivity contribution in [3.05, 3.63) is 28.2 Å². The Bertz CT molecular complexity index is 736. The number of likely N-dealkylation sites (N-methyl/N-ethyl adjacent to an activating group) is 1. The number of aryl methyl sites for hydroxylation is 1. The maximum absolute atomic E-state index is 12.2. The normalized spacial score (nSPS) is 15.1. The van der Waals surface area contributed by atoms with Crippen LogP contribution in [0.5, 0.6) is 0 Å². The van der Waals surface area contributed by atoms with E-state index < -0.39 is 0 Å².